The molecule has 3 N–H and O–H groups in total. The van der Waals surface area contributed by atoms with E-state index in [0.29, 0.717) is 11.6 Å². The van der Waals surface area contributed by atoms with E-state index < -0.39 is 12.1 Å². The van der Waals surface area contributed by atoms with Crippen LogP contribution in [0.5, 0.6) is 5.75 Å². The fourth-order valence-corrected chi connectivity index (χ4v) is 2.59. The highest BCUT2D eigenvalue weighted by Crippen LogP contribution is 2.41. The molecule has 2 amide bonds. The molecule has 0 spiro atoms. The topological polar surface area (TPSA) is 72.8 Å². The Kier molecular flexibility index (Phi) is 5.93. The summed E-state index contributed by atoms with van der Waals surface area (Å²) in [6.07, 6.45) is 0. The molecule has 0 saturated carbocycles. The van der Waals surface area contributed by atoms with E-state index in [9.17, 15) is 15.1 Å². The molecule has 5 nitrogen and oxygen atoms in total. The van der Waals surface area contributed by atoms with Crippen LogP contribution in [0.25, 0.3) is 0 Å². The Balaban J connectivity index is 3.46. The maximum absolute atomic E-state index is 11.9. The van der Waals surface area contributed by atoms with E-state index in [1.165, 1.54) is 0 Å². The van der Waals surface area contributed by atoms with E-state index in [2.05, 4.69) is 5.32 Å². The van der Waals surface area contributed by atoms with Crippen molar-refractivity contribution < 1.29 is 15.1 Å². The van der Waals surface area contributed by atoms with E-state index in [0.717, 1.165) is 16.7 Å². The molecule has 0 fully saturated rings. The van der Waals surface area contributed by atoms with Crippen LogP contribution in [0.3, 0.4) is 0 Å². The van der Waals surface area contributed by atoms with Gasteiger partial charge in [0.15, 0.2) is 0 Å². The molecule has 24 heavy (non-hydrogen) atoms. The number of hydrogen-bond donors (Lipinski definition) is 3. The molecule has 136 valence electrons. The molecule has 1 unspecified atom stereocenters. The quantitative estimate of drug-likeness (QED) is 0.563. The predicted molar refractivity (Wildman–Crippen MR) is 96.6 cm³/mol. The summed E-state index contributed by atoms with van der Waals surface area (Å²) in [4.78, 5) is 11.9. The number of carbonyl (C=O) groups excluding carboxylic acids is 1. The van der Waals surface area contributed by atoms with Crippen molar-refractivity contribution in [2.45, 2.75) is 72.3 Å². The number of nitrogens with zero attached hydrogens (tertiary/aromatic N) is 1. The number of carbonyl (C=O) groups is 1. The van der Waals surface area contributed by atoms with Gasteiger partial charge in [0.05, 0.1) is 6.04 Å². The maximum Gasteiger partial charge on any atom is 0.341 e. The van der Waals surface area contributed by atoms with Crippen molar-refractivity contribution >= 4 is 6.03 Å². The minimum atomic E-state index is -0.535. The van der Waals surface area contributed by atoms with E-state index in [-0.39, 0.29) is 16.6 Å². The van der Waals surface area contributed by atoms with Gasteiger partial charge in [0, 0.05) is 6.54 Å². The number of phenols is 1. The lowest BCUT2D eigenvalue weighted by molar-refractivity contribution is -0.0743. The van der Waals surface area contributed by atoms with E-state index in [1.54, 1.807) is 13.8 Å². The summed E-state index contributed by atoms with van der Waals surface area (Å²) in [6.45, 7) is 16.2. The van der Waals surface area contributed by atoms with Crippen molar-refractivity contribution in [2.24, 2.45) is 0 Å². The summed E-state index contributed by atoms with van der Waals surface area (Å²) in [5.41, 5.74) is 1.89. The summed E-state index contributed by atoms with van der Waals surface area (Å²) in [7, 11) is 0. The Morgan fingerprint density at radius 1 is 1.12 bits per heavy atom. The minimum Gasteiger partial charge on any atom is -0.507 e. The molecule has 1 atom stereocenters. The molecule has 5 heteroatoms. The first-order valence-electron chi connectivity index (χ1n) is 8.44. The lowest BCUT2D eigenvalue weighted by Crippen LogP contribution is -2.39. The van der Waals surface area contributed by atoms with Crippen LogP contribution in [0.2, 0.25) is 0 Å². The summed E-state index contributed by atoms with van der Waals surface area (Å²) < 4.78 is 0. The summed E-state index contributed by atoms with van der Waals surface area (Å²) in [5, 5.41) is 24.2. The maximum atomic E-state index is 11.9. The van der Waals surface area contributed by atoms with Gasteiger partial charge in [0.1, 0.15) is 5.75 Å². The lowest BCUT2D eigenvalue weighted by Gasteiger charge is -2.30. The zero-order valence-corrected chi connectivity index (χ0v) is 16.2. The van der Waals surface area contributed by atoms with Crippen LogP contribution in [0.15, 0.2) is 12.1 Å². The number of urea groups is 1. The van der Waals surface area contributed by atoms with Gasteiger partial charge in [-0.05, 0) is 53.5 Å². The predicted octanol–water partition coefficient (Wildman–Crippen LogP) is 4.47. The summed E-state index contributed by atoms with van der Waals surface area (Å²) in [6, 6.07) is 2.68. The van der Waals surface area contributed by atoms with Gasteiger partial charge in [-0.3, -0.25) is 5.21 Å². The standard InChI is InChI=1S/C19H32N2O3/c1-9-20-17(23)21(24)12(2)13-10-14(18(3,4)5)16(22)15(11-13)19(6,7)8/h10-12,22,24H,9H2,1-8H3,(H,20,23). The lowest BCUT2D eigenvalue weighted by atomic mass is 9.78. The average Bonchev–Trinajstić information content (AvgIpc) is 2.43. The highest BCUT2D eigenvalue weighted by Gasteiger charge is 2.29. The fraction of sp³-hybridized carbons (Fsp3) is 0.632. The van der Waals surface area contributed by atoms with Gasteiger partial charge >= 0.3 is 6.03 Å². The van der Waals surface area contributed by atoms with Gasteiger partial charge in [-0.25, -0.2) is 4.79 Å². The number of benzene rings is 1. The third kappa shape index (κ3) is 4.41. The second kappa shape index (κ2) is 7.01. The first-order valence-corrected chi connectivity index (χ1v) is 8.44. The minimum absolute atomic E-state index is 0.258. The van der Waals surface area contributed by atoms with Crippen molar-refractivity contribution in [1.82, 2.24) is 10.4 Å². The molecular weight excluding hydrogens is 304 g/mol. The number of aromatic hydroxyl groups is 1. The van der Waals surface area contributed by atoms with Crippen LogP contribution in [0.1, 0.15) is 78.1 Å². The molecule has 0 aromatic heterocycles. The molecule has 0 aliphatic carbocycles. The Labute approximate surface area is 145 Å². The number of phenolic OH excluding ortho intramolecular Hbond substituents is 1. The Hall–Kier alpha value is -1.75. The number of hydroxylamine groups is 2. The zero-order valence-electron chi connectivity index (χ0n) is 16.2. The number of hydrogen-bond acceptors (Lipinski definition) is 3. The number of rotatable bonds is 3. The molecule has 0 heterocycles. The molecule has 0 saturated heterocycles. The largest absolute Gasteiger partial charge is 0.507 e. The second-order valence-corrected chi connectivity index (χ2v) is 8.32. The fourth-order valence-electron chi connectivity index (χ4n) is 2.59. The molecular formula is C19H32N2O3. The first-order chi connectivity index (χ1) is 10.8. The molecule has 1 aromatic rings. The molecule has 0 aliphatic heterocycles. The SMILES string of the molecule is CCNC(=O)N(O)C(C)c1cc(C(C)(C)C)c(O)c(C(C)(C)C)c1. The highest BCUT2D eigenvalue weighted by molar-refractivity contribution is 5.73. The second-order valence-electron chi connectivity index (χ2n) is 8.32. The monoisotopic (exact) mass is 336 g/mol. The highest BCUT2D eigenvalue weighted by atomic mass is 16.5. The van der Waals surface area contributed by atoms with Gasteiger partial charge in [0.2, 0.25) is 0 Å². The first kappa shape index (κ1) is 20.3. The Morgan fingerprint density at radius 2 is 1.54 bits per heavy atom. The van der Waals surface area contributed by atoms with Crippen LogP contribution in [0, 0.1) is 0 Å². The van der Waals surface area contributed by atoms with Crippen molar-refractivity contribution in [3.05, 3.63) is 28.8 Å². The van der Waals surface area contributed by atoms with E-state index in [4.69, 9.17) is 0 Å². The van der Waals surface area contributed by atoms with Gasteiger partial charge in [-0.2, -0.15) is 5.06 Å². The van der Waals surface area contributed by atoms with Crippen LogP contribution in [0.4, 0.5) is 4.79 Å². The van der Waals surface area contributed by atoms with E-state index >= 15 is 0 Å². The summed E-state index contributed by atoms with van der Waals surface area (Å²) >= 11 is 0. The van der Waals surface area contributed by atoms with Gasteiger partial charge < -0.3 is 10.4 Å². The van der Waals surface area contributed by atoms with Crippen molar-refractivity contribution in [3.63, 3.8) is 0 Å². The van der Waals surface area contributed by atoms with Crippen molar-refractivity contribution in [1.29, 1.82) is 0 Å². The third-order valence-electron chi connectivity index (χ3n) is 4.13. The van der Waals surface area contributed by atoms with Crippen LogP contribution >= 0.6 is 0 Å². The van der Waals surface area contributed by atoms with Crippen molar-refractivity contribution in [2.75, 3.05) is 6.54 Å². The van der Waals surface area contributed by atoms with Gasteiger partial charge in [-0.15, -0.1) is 0 Å². The zero-order chi connectivity index (χ0) is 18.9. The molecule has 1 aromatic carbocycles. The molecule has 1 rings (SSSR count). The number of amides is 2. The Morgan fingerprint density at radius 3 is 1.88 bits per heavy atom. The average molecular weight is 336 g/mol. The van der Waals surface area contributed by atoms with Gasteiger partial charge in [0.25, 0.3) is 0 Å². The third-order valence-corrected chi connectivity index (χ3v) is 4.13. The molecule has 0 radical (unpaired) electrons. The number of nitrogens with one attached hydrogen (secondary N) is 1. The van der Waals surface area contributed by atoms with Crippen LogP contribution in [-0.2, 0) is 10.8 Å². The van der Waals surface area contributed by atoms with Crippen LogP contribution in [-0.4, -0.2) is 28.0 Å². The Bertz CT molecular complexity index is 563. The van der Waals surface area contributed by atoms with E-state index in [1.807, 2.05) is 53.7 Å². The normalized spacial score (nSPS) is 13.5. The van der Waals surface area contributed by atoms with Crippen molar-refractivity contribution in [3.8, 4) is 5.75 Å². The molecule has 0 bridgehead atoms. The smallest absolute Gasteiger partial charge is 0.341 e. The summed E-state index contributed by atoms with van der Waals surface area (Å²) in [5.74, 6) is 0.286. The molecule has 0 aliphatic rings. The van der Waals surface area contributed by atoms with Gasteiger partial charge in [-0.1, -0.05) is 41.5 Å². The van der Waals surface area contributed by atoms with Crippen LogP contribution < -0.4 is 5.32 Å².